The molecule has 0 bridgehead atoms. The monoisotopic (exact) mass is 167 g/mol. The van der Waals surface area contributed by atoms with Gasteiger partial charge >= 0.3 is 34.8 Å². The van der Waals surface area contributed by atoms with E-state index in [2.05, 4.69) is 14.6 Å². The Morgan fingerprint density at radius 2 is 1.00 bits per heavy atom. The summed E-state index contributed by atoms with van der Waals surface area (Å²) < 4.78 is 0. The molecule has 0 amide bonds. The molecule has 0 aromatic rings. The summed E-state index contributed by atoms with van der Waals surface area (Å²) in [4.78, 5) is 7.09. The topological polar surface area (TPSA) is 0 Å². The van der Waals surface area contributed by atoms with Gasteiger partial charge in [-0.25, -0.2) is 0 Å². The SMILES string of the molecule is [CH3][SbH+]([CH3])[CH3]. The molecule has 0 atom stereocenters. The average Bonchev–Trinajstić information content (AvgIpc) is 0.811. The third-order valence-corrected chi connectivity index (χ3v) is 0. The molecule has 0 aliphatic rings. The Labute approximate surface area is 35.2 Å². The molecule has 0 fully saturated rings. The second-order valence-electron chi connectivity index (χ2n) is 1.50. The molecule has 0 radical (unpaired) electrons. The van der Waals surface area contributed by atoms with Gasteiger partial charge in [0.15, 0.2) is 0 Å². The molecular weight excluding hydrogens is 158 g/mol. The molecule has 0 nitrogen and oxygen atoms in total. The Bertz CT molecular complexity index is 8.00. The molecule has 0 N–H and O–H groups in total. The van der Waals surface area contributed by atoms with Crippen molar-refractivity contribution in [1.29, 1.82) is 0 Å². The molecule has 0 saturated carbocycles. The van der Waals surface area contributed by atoms with E-state index in [0.29, 0.717) is 0 Å². The van der Waals surface area contributed by atoms with Crippen LogP contribution in [0.5, 0.6) is 0 Å². The Hall–Kier alpha value is 0.818. The van der Waals surface area contributed by atoms with Crippen molar-refractivity contribution in [2.45, 2.75) is 14.6 Å². The van der Waals surface area contributed by atoms with Crippen LogP contribution >= 0.6 is 0 Å². The van der Waals surface area contributed by atoms with Crippen LogP contribution < -0.4 is 0 Å². The average molecular weight is 168 g/mol. The van der Waals surface area contributed by atoms with E-state index in [-0.39, 0.29) is 0 Å². The van der Waals surface area contributed by atoms with Gasteiger partial charge in [0.25, 0.3) is 0 Å². The van der Waals surface area contributed by atoms with Crippen molar-refractivity contribution in [2.75, 3.05) is 0 Å². The van der Waals surface area contributed by atoms with Crippen LogP contribution in [-0.2, 0) is 0 Å². The Kier molecular flexibility index (Phi) is 2.51. The minimum absolute atomic E-state index is 0.543. The van der Waals surface area contributed by atoms with E-state index < -0.39 is 20.2 Å². The fourth-order valence-corrected chi connectivity index (χ4v) is 0. The third-order valence-electron chi connectivity index (χ3n) is 0. The summed E-state index contributed by atoms with van der Waals surface area (Å²) in [5.41, 5.74) is 0. The van der Waals surface area contributed by atoms with Crippen molar-refractivity contribution < 1.29 is 0 Å². The summed E-state index contributed by atoms with van der Waals surface area (Å²) in [6, 6.07) is 0. The number of hydrogen-bond donors (Lipinski definition) is 0. The standard InChI is InChI=1S/3CH3.Sb.H/h3*1H3;;/q;;;+1;. The summed E-state index contributed by atoms with van der Waals surface area (Å²) in [6.07, 6.45) is 0. The van der Waals surface area contributed by atoms with Crippen molar-refractivity contribution in [3.63, 3.8) is 0 Å². The van der Waals surface area contributed by atoms with Gasteiger partial charge in [0.05, 0.1) is 0 Å². The molecule has 26 valence electrons. The maximum atomic E-state index is 2.36. The molecule has 4 heavy (non-hydrogen) atoms. The van der Waals surface area contributed by atoms with Gasteiger partial charge < -0.3 is 0 Å². The zero-order valence-electron chi connectivity index (χ0n) is 3.50. The molecule has 0 aromatic carbocycles. The van der Waals surface area contributed by atoms with Gasteiger partial charge in [0.1, 0.15) is 0 Å². The summed E-state index contributed by atoms with van der Waals surface area (Å²) in [6.45, 7) is 0. The maximum absolute atomic E-state index is 2.36. The van der Waals surface area contributed by atoms with Gasteiger partial charge in [-0.1, -0.05) is 0 Å². The number of hydrogen-bond acceptors (Lipinski definition) is 0. The van der Waals surface area contributed by atoms with Crippen molar-refractivity contribution in [2.24, 2.45) is 0 Å². The van der Waals surface area contributed by atoms with E-state index in [1.165, 1.54) is 0 Å². The zero-order valence-corrected chi connectivity index (χ0v) is 6.35. The van der Waals surface area contributed by atoms with Crippen LogP contribution in [-0.4, -0.2) is 20.2 Å². The Morgan fingerprint density at radius 3 is 1.00 bits per heavy atom. The van der Waals surface area contributed by atoms with Crippen molar-refractivity contribution in [3.05, 3.63) is 0 Å². The minimum atomic E-state index is -0.543. The van der Waals surface area contributed by atoms with Crippen LogP contribution in [0, 0.1) is 0 Å². The third kappa shape index (κ3) is 13.9. The van der Waals surface area contributed by atoms with Crippen molar-refractivity contribution in [1.82, 2.24) is 0 Å². The van der Waals surface area contributed by atoms with Gasteiger partial charge in [-0.3, -0.25) is 0 Å². The second kappa shape index (κ2) is 2.08. The summed E-state index contributed by atoms with van der Waals surface area (Å²) in [5.74, 6) is 0. The fourth-order valence-electron chi connectivity index (χ4n) is 0. The van der Waals surface area contributed by atoms with Crippen molar-refractivity contribution in [3.8, 4) is 0 Å². The molecule has 0 heterocycles. The molecule has 0 saturated heterocycles. The molecule has 1 heteroatoms. The molecule has 0 unspecified atom stereocenters. The Morgan fingerprint density at radius 1 is 1.00 bits per heavy atom. The molecule has 0 aliphatic heterocycles. The van der Waals surface area contributed by atoms with Crippen LogP contribution in [0.15, 0.2) is 0 Å². The van der Waals surface area contributed by atoms with Crippen LogP contribution in [0.4, 0.5) is 0 Å². The summed E-state index contributed by atoms with van der Waals surface area (Å²) >= 11 is -0.543. The van der Waals surface area contributed by atoms with Gasteiger partial charge in [0, 0.05) is 0 Å². The van der Waals surface area contributed by atoms with E-state index in [9.17, 15) is 0 Å². The van der Waals surface area contributed by atoms with E-state index in [1.807, 2.05) is 0 Å². The van der Waals surface area contributed by atoms with Crippen LogP contribution in [0.25, 0.3) is 0 Å². The molecule has 0 aliphatic carbocycles. The van der Waals surface area contributed by atoms with Gasteiger partial charge in [-0.15, -0.1) is 0 Å². The van der Waals surface area contributed by atoms with Crippen LogP contribution in [0.2, 0.25) is 14.6 Å². The summed E-state index contributed by atoms with van der Waals surface area (Å²) in [5, 5.41) is 0. The molecule has 0 aromatic heterocycles. The quantitative estimate of drug-likeness (QED) is 0.475. The van der Waals surface area contributed by atoms with E-state index in [4.69, 9.17) is 0 Å². The first-order valence-corrected chi connectivity index (χ1v) is 10.1. The molecule has 0 rings (SSSR count). The zero-order chi connectivity index (χ0) is 3.58. The van der Waals surface area contributed by atoms with Gasteiger partial charge in [-0.2, -0.15) is 0 Å². The first-order valence-electron chi connectivity index (χ1n) is 1.50. The predicted octanol–water partition coefficient (Wildman–Crippen LogP) is 1.10. The van der Waals surface area contributed by atoms with Gasteiger partial charge in [-0.05, 0) is 0 Å². The molecular formula is C3H10Sb+. The van der Waals surface area contributed by atoms with E-state index in [1.54, 1.807) is 0 Å². The Balaban J connectivity index is 2.32. The van der Waals surface area contributed by atoms with Crippen LogP contribution in [0.1, 0.15) is 0 Å². The second-order valence-corrected chi connectivity index (χ2v) is 10.1. The summed E-state index contributed by atoms with van der Waals surface area (Å²) in [7, 11) is 0. The van der Waals surface area contributed by atoms with Crippen LogP contribution in [0.3, 0.4) is 0 Å². The number of rotatable bonds is 0. The fraction of sp³-hybridized carbons (Fsp3) is 1.00. The van der Waals surface area contributed by atoms with Crippen molar-refractivity contribution >= 4 is 20.2 Å². The first-order chi connectivity index (χ1) is 1.73. The normalized spacial score (nSPS) is 9.00. The predicted molar refractivity (Wildman–Crippen MR) is 24.7 cm³/mol. The van der Waals surface area contributed by atoms with E-state index >= 15 is 0 Å². The van der Waals surface area contributed by atoms with E-state index in [0.717, 1.165) is 0 Å². The molecule has 0 spiro atoms. The van der Waals surface area contributed by atoms with Gasteiger partial charge in [0.2, 0.25) is 0 Å². The first kappa shape index (κ1) is 4.82.